The molecule has 13 heteroatoms. The van der Waals surface area contributed by atoms with E-state index in [-0.39, 0.29) is 29.6 Å². The van der Waals surface area contributed by atoms with E-state index in [0.717, 1.165) is 6.42 Å². The van der Waals surface area contributed by atoms with Crippen LogP contribution >= 0.6 is 0 Å². The Balaban J connectivity index is 1.37. The molecule has 0 radical (unpaired) electrons. The first-order valence-corrected chi connectivity index (χ1v) is 21.9. The van der Waals surface area contributed by atoms with E-state index in [2.05, 4.69) is 26.1 Å². The molecule has 1 amide bonds. The molecule has 57 heavy (non-hydrogen) atoms. The molecule has 5 heterocycles. The van der Waals surface area contributed by atoms with Crippen LogP contribution in [0, 0.1) is 41.4 Å². The van der Waals surface area contributed by atoms with Gasteiger partial charge in [0, 0.05) is 37.1 Å². The quantitative estimate of drug-likeness (QED) is 0.148. The van der Waals surface area contributed by atoms with Crippen LogP contribution in [0.25, 0.3) is 0 Å². The lowest BCUT2D eigenvalue weighted by molar-refractivity contribution is -0.408. The topological polar surface area (TPSA) is 179 Å². The van der Waals surface area contributed by atoms with Crippen molar-refractivity contribution in [2.24, 2.45) is 41.4 Å². The average Bonchev–Trinajstić information content (AvgIpc) is 3.52. The Morgan fingerprint density at radius 2 is 1.60 bits per heavy atom. The number of ether oxygens (including phenoxy) is 6. The molecule has 5 aliphatic heterocycles. The Morgan fingerprint density at radius 1 is 0.912 bits per heavy atom. The van der Waals surface area contributed by atoms with Gasteiger partial charge in [-0.1, -0.05) is 55.4 Å². The Labute approximate surface area is 340 Å². The van der Waals surface area contributed by atoms with Crippen LogP contribution < -0.4 is 5.32 Å². The van der Waals surface area contributed by atoms with E-state index >= 15 is 0 Å². The van der Waals surface area contributed by atoms with E-state index in [0.29, 0.717) is 57.8 Å². The number of aliphatic hydroxyl groups is 2. The zero-order chi connectivity index (χ0) is 42.2. The molecule has 326 valence electrons. The summed E-state index contributed by atoms with van der Waals surface area (Å²) in [4.78, 5) is 39.2. The minimum absolute atomic E-state index is 0.0252. The molecule has 4 N–H and O–H groups in total. The first-order chi connectivity index (χ1) is 26.7. The lowest BCUT2D eigenvalue weighted by atomic mass is 9.72. The van der Waals surface area contributed by atoms with Gasteiger partial charge in [0.25, 0.3) is 0 Å². The fourth-order valence-electron chi connectivity index (χ4n) is 10.8. The van der Waals surface area contributed by atoms with Crippen LogP contribution in [0.5, 0.6) is 0 Å². The molecule has 5 aliphatic rings. The maximum Gasteiger partial charge on any atom is 0.407 e. The first kappa shape index (κ1) is 45.9. The molecular weight excluding hydrogens is 734 g/mol. The third kappa shape index (κ3) is 8.86. The Hall–Kier alpha value is -2.13. The number of alkyl carbamates (subject to hydrolysis) is 1. The minimum Gasteiger partial charge on any atom is -0.481 e. The molecular formula is C44H73NO12. The third-order valence-electron chi connectivity index (χ3n) is 14.9. The van der Waals surface area contributed by atoms with E-state index in [9.17, 15) is 29.7 Å². The standard InChI is InChI=1S/C44H73NO12/c1-12-30(39(48)49)32-16-15-24(4)37(53-32)28(8)35(46)27(7)36(47)31(13-2)38-25(5)23-26(6)43(55-38)20-18-34(54-40(50)45-11)44(57-43)22-21-41(10,56-44)33-17-19-42(51,14-3)29(9)52-33/h18,20,24-35,37-38,46,51H,12-17,19,21-23H2,1-11H3,(H,45,50)(H,48,49)/t24?,25-,26+,27-,28-,29-,30+,31-,32+,33+,34+,35+,37+,38-,41-,42+,43-,44-/m0/s1. The zero-order valence-corrected chi connectivity index (χ0v) is 36.3. The van der Waals surface area contributed by atoms with Crippen molar-refractivity contribution in [1.82, 2.24) is 5.32 Å². The third-order valence-corrected chi connectivity index (χ3v) is 14.9. The van der Waals surface area contributed by atoms with Gasteiger partial charge in [-0.2, -0.15) is 0 Å². The molecule has 2 spiro atoms. The highest BCUT2D eigenvalue weighted by molar-refractivity contribution is 5.84. The van der Waals surface area contributed by atoms with Gasteiger partial charge in [-0.25, -0.2) is 4.79 Å². The zero-order valence-electron chi connectivity index (χ0n) is 36.3. The Bertz CT molecular complexity index is 1460. The number of hydrogen-bond donors (Lipinski definition) is 4. The summed E-state index contributed by atoms with van der Waals surface area (Å²) in [5, 5.41) is 35.3. The van der Waals surface area contributed by atoms with E-state index in [1.54, 1.807) is 13.0 Å². The average molecular weight is 808 g/mol. The molecule has 18 atom stereocenters. The highest BCUT2D eigenvalue weighted by atomic mass is 16.8. The van der Waals surface area contributed by atoms with Crippen molar-refractivity contribution in [3.8, 4) is 0 Å². The number of ketones is 1. The smallest absolute Gasteiger partial charge is 0.407 e. The maximum absolute atomic E-state index is 14.6. The molecule has 4 saturated heterocycles. The number of aliphatic hydroxyl groups excluding tert-OH is 1. The van der Waals surface area contributed by atoms with Crippen molar-refractivity contribution in [3.63, 3.8) is 0 Å². The van der Waals surface area contributed by atoms with Crippen LogP contribution in [0.2, 0.25) is 0 Å². The first-order valence-electron chi connectivity index (χ1n) is 21.9. The van der Waals surface area contributed by atoms with Gasteiger partial charge in [-0.05, 0) is 95.6 Å². The van der Waals surface area contributed by atoms with Gasteiger partial charge in [-0.3, -0.25) is 9.59 Å². The Kier molecular flexibility index (Phi) is 14.4. The number of carbonyl (C=O) groups is 3. The van der Waals surface area contributed by atoms with E-state index in [4.69, 9.17) is 28.4 Å². The summed E-state index contributed by atoms with van der Waals surface area (Å²) in [6, 6.07) is 0. The molecule has 0 bridgehead atoms. The molecule has 4 fully saturated rings. The number of Topliss-reactive ketones (excluding diaryl/α,β-unsaturated/α-hetero) is 1. The largest absolute Gasteiger partial charge is 0.481 e. The van der Waals surface area contributed by atoms with Gasteiger partial charge in [-0.15, -0.1) is 0 Å². The fraction of sp³-hybridized carbons (Fsp3) is 0.886. The van der Waals surface area contributed by atoms with Crippen molar-refractivity contribution < 1.29 is 58.1 Å². The van der Waals surface area contributed by atoms with Crippen molar-refractivity contribution >= 4 is 17.8 Å². The predicted molar refractivity (Wildman–Crippen MR) is 212 cm³/mol. The van der Waals surface area contributed by atoms with Crippen molar-refractivity contribution in [2.45, 2.75) is 199 Å². The number of hydrogen-bond acceptors (Lipinski definition) is 11. The summed E-state index contributed by atoms with van der Waals surface area (Å²) in [5.74, 6) is -6.14. The molecule has 0 saturated carbocycles. The number of carboxylic acid groups (broad SMARTS) is 1. The summed E-state index contributed by atoms with van der Waals surface area (Å²) in [6.07, 6.45) is 4.63. The molecule has 0 aromatic heterocycles. The van der Waals surface area contributed by atoms with Gasteiger partial charge in [0.1, 0.15) is 5.78 Å². The number of nitrogens with one attached hydrogen (secondary N) is 1. The van der Waals surface area contributed by atoms with Gasteiger partial charge >= 0.3 is 12.1 Å². The number of aliphatic carboxylic acids is 1. The number of rotatable bonds is 13. The molecule has 5 rings (SSSR count). The van der Waals surface area contributed by atoms with Crippen LogP contribution in [0.15, 0.2) is 12.2 Å². The fourth-order valence-corrected chi connectivity index (χ4v) is 10.8. The Morgan fingerprint density at radius 3 is 2.19 bits per heavy atom. The number of carboxylic acids is 1. The summed E-state index contributed by atoms with van der Waals surface area (Å²) in [6.45, 7) is 19.5. The summed E-state index contributed by atoms with van der Waals surface area (Å²) >= 11 is 0. The van der Waals surface area contributed by atoms with Gasteiger partial charge < -0.3 is 49.1 Å². The van der Waals surface area contributed by atoms with Crippen LogP contribution in [-0.4, -0.2) is 106 Å². The predicted octanol–water partition coefficient (Wildman–Crippen LogP) is 6.55. The van der Waals surface area contributed by atoms with Gasteiger partial charge in [0.05, 0.1) is 53.7 Å². The minimum atomic E-state index is -1.42. The highest BCUT2D eigenvalue weighted by Gasteiger charge is 2.64. The van der Waals surface area contributed by atoms with Crippen molar-refractivity contribution in [1.29, 1.82) is 0 Å². The summed E-state index contributed by atoms with van der Waals surface area (Å²) < 4.78 is 39.9. The monoisotopic (exact) mass is 808 g/mol. The normalized spacial score (nSPS) is 43.6. The summed E-state index contributed by atoms with van der Waals surface area (Å²) in [5.41, 5.74) is -1.73. The van der Waals surface area contributed by atoms with E-state index in [1.807, 2.05) is 47.6 Å². The molecule has 13 nitrogen and oxygen atoms in total. The highest BCUT2D eigenvalue weighted by Crippen LogP contribution is 2.54. The number of amides is 1. The maximum atomic E-state index is 14.6. The van der Waals surface area contributed by atoms with Gasteiger partial charge in [0.2, 0.25) is 5.79 Å². The van der Waals surface area contributed by atoms with Gasteiger partial charge in [0.15, 0.2) is 11.9 Å². The molecule has 0 aliphatic carbocycles. The second-order valence-corrected chi connectivity index (χ2v) is 18.5. The second-order valence-electron chi connectivity index (χ2n) is 18.5. The van der Waals surface area contributed by atoms with Crippen LogP contribution in [0.4, 0.5) is 4.79 Å². The molecule has 1 unspecified atom stereocenters. The SMILES string of the molecule is CC[C@@H](C(=O)[C@@H](C)[C@@H](O)[C@H](C)[C@@H]1O[C@@H]([C@@H](CC)C(=O)O)CCC1C)[C@H]1O[C@]2(C=C[C@@H](OC(=O)NC)[C@]3(CC[C@@](C)([C@H]4CC[C@](O)(CC)[C@H](C)O4)O3)O2)[C@H](C)C[C@@H]1C. The lowest BCUT2D eigenvalue weighted by Gasteiger charge is -2.54. The molecule has 0 aromatic rings. The molecule has 0 aromatic carbocycles. The van der Waals surface area contributed by atoms with Crippen LogP contribution in [0.1, 0.15) is 133 Å². The second kappa shape index (κ2) is 17.8. The summed E-state index contributed by atoms with van der Waals surface area (Å²) in [7, 11) is 1.50. The van der Waals surface area contributed by atoms with Crippen molar-refractivity contribution in [3.05, 3.63) is 12.2 Å². The van der Waals surface area contributed by atoms with Crippen LogP contribution in [0.3, 0.4) is 0 Å². The van der Waals surface area contributed by atoms with Crippen molar-refractivity contribution in [2.75, 3.05) is 7.05 Å². The lowest BCUT2D eigenvalue weighted by Crippen LogP contribution is -2.63. The number of carbonyl (C=O) groups excluding carboxylic acids is 2. The van der Waals surface area contributed by atoms with E-state index in [1.165, 1.54) is 7.05 Å². The van der Waals surface area contributed by atoms with Crippen LogP contribution in [-0.2, 0) is 38.0 Å². The van der Waals surface area contributed by atoms with E-state index < -0.39 is 95.1 Å².